The minimum atomic E-state index is 1.03. The quantitative estimate of drug-likeness (QED) is 0.539. The van der Waals surface area contributed by atoms with E-state index >= 15 is 0 Å². The Morgan fingerprint density at radius 2 is 1.64 bits per heavy atom. The maximum Gasteiger partial charge on any atom is -0.0355 e. The van der Waals surface area contributed by atoms with E-state index in [0.717, 1.165) is 23.7 Å². The fourth-order valence-electron chi connectivity index (χ4n) is 3.09. The molecule has 64 valence electrons. The Kier molecular flexibility index (Phi) is 1.95. The molecule has 0 nitrogen and oxygen atoms in total. The first kappa shape index (κ1) is 7.64. The lowest BCUT2D eigenvalue weighted by Crippen LogP contribution is -2.36. The van der Waals surface area contributed by atoms with Crippen LogP contribution in [0.3, 0.4) is 0 Å². The third kappa shape index (κ3) is 1.21. The zero-order valence-electron chi connectivity index (χ0n) is 7.84. The van der Waals surface area contributed by atoms with Gasteiger partial charge >= 0.3 is 0 Å². The van der Waals surface area contributed by atoms with E-state index in [4.69, 9.17) is 0 Å². The Morgan fingerprint density at radius 1 is 1.00 bits per heavy atom. The molecule has 2 rings (SSSR count). The molecule has 2 fully saturated rings. The molecule has 0 heterocycles. The second kappa shape index (κ2) is 2.80. The molecule has 0 aliphatic heterocycles. The van der Waals surface area contributed by atoms with E-state index < -0.39 is 0 Å². The van der Waals surface area contributed by atoms with Crippen molar-refractivity contribution in [2.45, 2.75) is 46.0 Å². The van der Waals surface area contributed by atoms with Gasteiger partial charge in [-0.3, -0.25) is 0 Å². The summed E-state index contributed by atoms with van der Waals surface area (Å²) in [5.41, 5.74) is 0. The van der Waals surface area contributed by atoms with Crippen LogP contribution in [0.4, 0.5) is 0 Å². The molecule has 11 heavy (non-hydrogen) atoms. The number of rotatable bonds is 1. The summed E-state index contributed by atoms with van der Waals surface area (Å²) in [6.07, 6.45) is 7.65. The predicted molar refractivity (Wildman–Crippen MR) is 48.4 cm³/mol. The Balaban J connectivity index is 1.87. The minimum Gasteiger partial charge on any atom is -0.0622 e. The minimum absolute atomic E-state index is 1.03. The average Bonchev–Trinajstić information content (AvgIpc) is 2.51. The topological polar surface area (TPSA) is 0 Å². The van der Waals surface area contributed by atoms with Gasteiger partial charge < -0.3 is 0 Å². The second-order valence-corrected chi connectivity index (χ2v) is 4.78. The van der Waals surface area contributed by atoms with Crippen molar-refractivity contribution in [1.29, 1.82) is 0 Å². The van der Waals surface area contributed by atoms with E-state index in [-0.39, 0.29) is 0 Å². The normalized spacial score (nSPS) is 45.8. The summed E-state index contributed by atoms with van der Waals surface area (Å²) in [6.45, 7) is 4.87. The fraction of sp³-hybridized carbons (Fsp3) is 1.00. The van der Waals surface area contributed by atoms with Gasteiger partial charge in [-0.2, -0.15) is 0 Å². The van der Waals surface area contributed by atoms with Gasteiger partial charge in [-0.15, -0.1) is 0 Å². The molecule has 0 N–H and O–H groups in total. The van der Waals surface area contributed by atoms with Crippen molar-refractivity contribution in [2.24, 2.45) is 23.7 Å². The average molecular weight is 152 g/mol. The van der Waals surface area contributed by atoms with E-state index in [1.807, 2.05) is 0 Å². The first-order valence-corrected chi connectivity index (χ1v) is 5.29. The standard InChI is InChI=1S/C11H20/c1-8-7-11(9(8)2)10-5-3-4-6-10/h8-11H,3-7H2,1-2H3. The number of hydrogen-bond donors (Lipinski definition) is 0. The van der Waals surface area contributed by atoms with Gasteiger partial charge in [0.2, 0.25) is 0 Å². The van der Waals surface area contributed by atoms with Crippen LogP contribution in [0.2, 0.25) is 0 Å². The maximum absolute atomic E-state index is 2.46. The summed E-state index contributed by atoms with van der Waals surface area (Å²) >= 11 is 0. The molecular weight excluding hydrogens is 132 g/mol. The highest BCUT2D eigenvalue weighted by Crippen LogP contribution is 2.48. The molecule has 2 aliphatic rings. The van der Waals surface area contributed by atoms with E-state index in [0.29, 0.717) is 0 Å². The molecule has 3 unspecified atom stereocenters. The van der Waals surface area contributed by atoms with Gasteiger partial charge in [-0.1, -0.05) is 39.5 Å². The molecule has 0 saturated heterocycles. The summed E-state index contributed by atoms with van der Waals surface area (Å²) in [7, 11) is 0. The fourth-order valence-corrected chi connectivity index (χ4v) is 3.09. The molecule has 0 amide bonds. The van der Waals surface area contributed by atoms with Gasteiger partial charge in [0.1, 0.15) is 0 Å². The molecule has 3 atom stereocenters. The van der Waals surface area contributed by atoms with Crippen molar-refractivity contribution >= 4 is 0 Å². The lowest BCUT2D eigenvalue weighted by atomic mass is 9.61. The van der Waals surface area contributed by atoms with E-state index in [1.165, 1.54) is 19.3 Å². The number of hydrogen-bond acceptors (Lipinski definition) is 0. The highest BCUT2D eigenvalue weighted by atomic mass is 14.4. The van der Waals surface area contributed by atoms with Crippen LogP contribution in [-0.4, -0.2) is 0 Å². The molecule has 0 heteroatoms. The third-order valence-corrected chi connectivity index (χ3v) is 4.22. The summed E-state index contributed by atoms with van der Waals surface area (Å²) < 4.78 is 0. The molecule has 0 spiro atoms. The van der Waals surface area contributed by atoms with Gasteiger partial charge in [0.05, 0.1) is 0 Å². The zero-order chi connectivity index (χ0) is 7.84. The van der Waals surface area contributed by atoms with Crippen LogP contribution in [0.1, 0.15) is 46.0 Å². The van der Waals surface area contributed by atoms with Crippen molar-refractivity contribution in [1.82, 2.24) is 0 Å². The molecule has 0 radical (unpaired) electrons. The van der Waals surface area contributed by atoms with Crippen LogP contribution in [0.25, 0.3) is 0 Å². The molecule has 2 aliphatic carbocycles. The zero-order valence-corrected chi connectivity index (χ0v) is 7.84. The second-order valence-electron chi connectivity index (χ2n) is 4.78. The molecule has 0 aromatic carbocycles. The van der Waals surface area contributed by atoms with Crippen LogP contribution < -0.4 is 0 Å². The first-order valence-electron chi connectivity index (χ1n) is 5.29. The SMILES string of the molecule is CC1CC(C2CCCC2)C1C. The summed E-state index contributed by atoms with van der Waals surface area (Å²) in [5.74, 6) is 4.31. The third-order valence-electron chi connectivity index (χ3n) is 4.22. The Bertz CT molecular complexity index is 133. The van der Waals surface area contributed by atoms with Gasteiger partial charge in [0.15, 0.2) is 0 Å². The first-order chi connectivity index (χ1) is 5.29. The van der Waals surface area contributed by atoms with Crippen LogP contribution >= 0.6 is 0 Å². The molecule has 0 aromatic heterocycles. The molecule has 0 bridgehead atoms. The maximum atomic E-state index is 2.46. The van der Waals surface area contributed by atoms with Crippen molar-refractivity contribution in [2.75, 3.05) is 0 Å². The smallest absolute Gasteiger partial charge is 0.0355 e. The van der Waals surface area contributed by atoms with Crippen LogP contribution in [0.5, 0.6) is 0 Å². The lowest BCUT2D eigenvalue weighted by Gasteiger charge is -2.44. The lowest BCUT2D eigenvalue weighted by molar-refractivity contribution is 0.0506. The van der Waals surface area contributed by atoms with Gasteiger partial charge in [-0.05, 0) is 30.1 Å². The predicted octanol–water partition coefficient (Wildman–Crippen LogP) is 3.47. The van der Waals surface area contributed by atoms with Crippen LogP contribution in [0.15, 0.2) is 0 Å². The summed E-state index contributed by atoms with van der Waals surface area (Å²) in [5, 5.41) is 0. The van der Waals surface area contributed by atoms with E-state index in [9.17, 15) is 0 Å². The summed E-state index contributed by atoms with van der Waals surface area (Å²) in [4.78, 5) is 0. The Labute approximate surface area is 70.4 Å². The molecular formula is C11H20. The van der Waals surface area contributed by atoms with E-state index in [1.54, 1.807) is 12.8 Å². The Morgan fingerprint density at radius 3 is 2.09 bits per heavy atom. The summed E-state index contributed by atoms with van der Waals surface area (Å²) in [6, 6.07) is 0. The van der Waals surface area contributed by atoms with Crippen molar-refractivity contribution < 1.29 is 0 Å². The highest BCUT2D eigenvalue weighted by molar-refractivity contribution is 4.89. The van der Waals surface area contributed by atoms with E-state index in [2.05, 4.69) is 13.8 Å². The molecule has 2 saturated carbocycles. The monoisotopic (exact) mass is 152 g/mol. The van der Waals surface area contributed by atoms with Gasteiger partial charge in [0.25, 0.3) is 0 Å². The van der Waals surface area contributed by atoms with Crippen molar-refractivity contribution in [3.63, 3.8) is 0 Å². The Hall–Kier alpha value is 0. The highest BCUT2D eigenvalue weighted by Gasteiger charge is 2.39. The van der Waals surface area contributed by atoms with Crippen molar-refractivity contribution in [3.8, 4) is 0 Å². The van der Waals surface area contributed by atoms with Crippen LogP contribution in [-0.2, 0) is 0 Å². The molecule has 0 aromatic rings. The van der Waals surface area contributed by atoms with Crippen molar-refractivity contribution in [3.05, 3.63) is 0 Å². The van der Waals surface area contributed by atoms with Gasteiger partial charge in [-0.25, -0.2) is 0 Å². The van der Waals surface area contributed by atoms with Gasteiger partial charge in [0, 0.05) is 0 Å². The van der Waals surface area contributed by atoms with Crippen LogP contribution in [0, 0.1) is 23.7 Å². The largest absolute Gasteiger partial charge is 0.0622 e.